The summed E-state index contributed by atoms with van der Waals surface area (Å²) in [5.74, 6) is -0.390. The van der Waals surface area contributed by atoms with Crippen LogP contribution in [0.3, 0.4) is 0 Å². The molecule has 38 heavy (non-hydrogen) atoms. The third-order valence-corrected chi connectivity index (χ3v) is 7.44. The van der Waals surface area contributed by atoms with Gasteiger partial charge in [0.05, 0.1) is 23.1 Å². The number of hydrogen-bond donors (Lipinski definition) is 3. The standard InChI is InChI=1S/C27H31N5O4S2/c1-6-23(33)28-11-12-29-26(35)20-14-22(17(2)13-21(20)36-5)37-24-15-30-27(38-24)31-25(34)19-9-7-18(8-10-19)16-32(3)4/h6-10,13-15H,1,11-12,16H2,2-5H3,(H,28,33)(H,29,35)(H,30,31,34). The van der Waals surface area contributed by atoms with E-state index in [9.17, 15) is 14.4 Å². The van der Waals surface area contributed by atoms with Crippen LogP contribution in [-0.4, -0.2) is 61.9 Å². The van der Waals surface area contributed by atoms with Crippen LogP contribution in [0.25, 0.3) is 0 Å². The highest BCUT2D eigenvalue weighted by Gasteiger charge is 2.17. The third-order valence-electron chi connectivity index (χ3n) is 5.27. The van der Waals surface area contributed by atoms with E-state index in [1.165, 1.54) is 36.3 Å². The third kappa shape index (κ3) is 8.17. The van der Waals surface area contributed by atoms with Crippen LogP contribution in [-0.2, 0) is 11.3 Å². The van der Waals surface area contributed by atoms with Gasteiger partial charge in [-0.15, -0.1) is 0 Å². The van der Waals surface area contributed by atoms with Crippen molar-refractivity contribution in [2.45, 2.75) is 22.6 Å². The average Bonchev–Trinajstić information content (AvgIpc) is 3.33. The van der Waals surface area contributed by atoms with E-state index >= 15 is 0 Å². The molecule has 1 aromatic heterocycles. The van der Waals surface area contributed by atoms with Crippen LogP contribution >= 0.6 is 23.1 Å². The van der Waals surface area contributed by atoms with Gasteiger partial charge in [-0.25, -0.2) is 4.98 Å². The van der Waals surface area contributed by atoms with Crippen LogP contribution in [0.4, 0.5) is 5.13 Å². The van der Waals surface area contributed by atoms with Crippen molar-refractivity contribution in [3.05, 3.63) is 77.5 Å². The second kappa shape index (κ2) is 13.8. The molecule has 0 radical (unpaired) electrons. The highest BCUT2D eigenvalue weighted by atomic mass is 32.2. The molecule has 0 aliphatic carbocycles. The zero-order valence-electron chi connectivity index (χ0n) is 21.8. The number of benzene rings is 2. The summed E-state index contributed by atoms with van der Waals surface area (Å²) in [7, 11) is 5.50. The molecule has 3 aromatic rings. The second-order valence-corrected chi connectivity index (χ2v) is 10.9. The second-order valence-electron chi connectivity index (χ2n) is 8.54. The van der Waals surface area contributed by atoms with Crippen LogP contribution in [0.15, 0.2) is 64.4 Å². The van der Waals surface area contributed by atoms with Crippen LogP contribution in [0.1, 0.15) is 31.8 Å². The molecule has 0 saturated heterocycles. The Hall–Kier alpha value is -3.67. The van der Waals surface area contributed by atoms with Gasteiger partial charge in [-0.2, -0.15) is 0 Å². The van der Waals surface area contributed by atoms with Gasteiger partial charge >= 0.3 is 0 Å². The minimum atomic E-state index is -0.314. The summed E-state index contributed by atoms with van der Waals surface area (Å²) in [5, 5.41) is 8.73. The van der Waals surface area contributed by atoms with E-state index in [4.69, 9.17) is 4.74 Å². The molecule has 3 amide bonds. The Labute approximate surface area is 230 Å². The van der Waals surface area contributed by atoms with Gasteiger partial charge in [-0.05, 0) is 62.5 Å². The molecule has 0 unspecified atom stereocenters. The Morgan fingerprint density at radius 1 is 1.11 bits per heavy atom. The van der Waals surface area contributed by atoms with Crippen molar-refractivity contribution in [3.8, 4) is 5.75 Å². The number of carbonyl (C=O) groups excluding carboxylic acids is 3. The number of methoxy groups -OCH3 is 1. The molecule has 9 nitrogen and oxygen atoms in total. The smallest absolute Gasteiger partial charge is 0.257 e. The summed E-state index contributed by atoms with van der Waals surface area (Å²) in [6.45, 7) is 6.67. The lowest BCUT2D eigenvalue weighted by molar-refractivity contribution is -0.116. The Kier molecular flexibility index (Phi) is 10.5. The van der Waals surface area contributed by atoms with Gasteiger partial charge in [0, 0.05) is 30.1 Å². The van der Waals surface area contributed by atoms with Crippen molar-refractivity contribution >= 4 is 46.0 Å². The number of nitrogens with zero attached hydrogens (tertiary/aromatic N) is 2. The monoisotopic (exact) mass is 553 g/mol. The maximum absolute atomic E-state index is 12.8. The van der Waals surface area contributed by atoms with E-state index in [0.29, 0.717) is 22.0 Å². The summed E-state index contributed by atoms with van der Waals surface area (Å²) in [4.78, 5) is 44.0. The van der Waals surface area contributed by atoms with Crippen LogP contribution in [0.2, 0.25) is 0 Å². The highest BCUT2D eigenvalue weighted by molar-refractivity contribution is 8.01. The van der Waals surface area contributed by atoms with Crippen molar-refractivity contribution in [1.82, 2.24) is 20.5 Å². The molecule has 0 aliphatic heterocycles. The predicted molar refractivity (Wildman–Crippen MR) is 151 cm³/mol. The number of aromatic nitrogens is 1. The zero-order valence-corrected chi connectivity index (χ0v) is 23.4. The molecular weight excluding hydrogens is 522 g/mol. The lowest BCUT2D eigenvalue weighted by Crippen LogP contribution is -2.34. The average molecular weight is 554 g/mol. The van der Waals surface area contributed by atoms with Gasteiger partial charge in [-0.3, -0.25) is 19.7 Å². The molecule has 0 aliphatic rings. The molecule has 0 bridgehead atoms. The summed E-state index contributed by atoms with van der Waals surface area (Å²) in [6, 6.07) is 11.1. The molecule has 3 rings (SSSR count). The van der Waals surface area contributed by atoms with Crippen molar-refractivity contribution in [1.29, 1.82) is 0 Å². The Morgan fingerprint density at radius 2 is 1.82 bits per heavy atom. The van der Waals surface area contributed by atoms with Crippen molar-refractivity contribution in [2.75, 3.05) is 39.6 Å². The van der Waals surface area contributed by atoms with Gasteiger partial charge in [0.15, 0.2) is 5.13 Å². The summed E-state index contributed by atoms with van der Waals surface area (Å²) in [5.41, 5.74) is 2.99. The molecule has 11 heteroatoms. The topological polar surface area (TPSA) is 113 Å². The molecule has 200 valence electrons. The number of hydrogen-bond acceptors (Lipinski definition) is 8. The van der Waals surface area contributed by atoms with Crippen molar-refractivity contribution in [3.63, 3.8) is 0 Å². The molecule has 3 N–H and O–H groups in total. The van der Waals surface area contributed by atoms with Crippen molar-refractivity contribution in [2.24, 2.45) is 0 Å². The predicted octanol–water partition coefficient (Wildman–Crippen LogP) is 3.96. The van der Waals surface area contributed by atoms with E-state index in [2.05, 4.69) is 32.4 Å². The van der Waals surface area contributed by atoms with Crippen LogP contribution < -0.4 is 20.7 Å². The molecule has 0 fully saturated rings. The SMILES string of the molecule is C=CC(=O)NCCNC(=O)c1cc(Sc2cnc(NC(=O)c3ccc(CN(C)C)cc3)s2)c(C)cc1OC. The van der Waals surface area contributed by atoms with E-state index in [-0.39, 0.29) is 30.8 Å². The van der Waals surface area contributed by atoms with Crippen LogP contribution in [0.5, 0.6) is 5.75 Å². The molecule has 0 spiro atoms. The van der Waals surface area contributed by atoms with Gasteiger partial charge < -0.3 is 20.3 Å². The number of thiazole rings is 1. The molecule has 0 saturated carbocycles. The minimum Gasteiger partial charge on any atom is -0.496 e. The van der Waals surface area contributed by atoms with E-state index in [1.807, 2.05) is 33.2 Å². The molecule has 2 aromatic carbocycles. The fraction of sp³-hybridized carbons (Fsp3) is 0.259. The number of rotatable bonds is 12. The Morgan fingerprint density at radius 3 is 2.47 bits per heavy atom. The number of aryl methyl sites for hydroxylation is 1. The normalized spacial score (nSPS) is 10.7. The first-order valence-corrected chi connectivity index (χ1v) is 13.4. The maximum Gasteiger partial charge on any atom is 0.257 e. The first-order chi connectivity index (χ1) is 18.2. The Balaban J connectivity index is 1.66. The largest absolute Gasteiger partial charge is 0.496 e. The van der Waals surface area contributed by atoms with Gasteiger partial charge in [0.25, 0.3) is 11.8 Å². The first-order valence-electron chi connectivity index (χ1n) is 11.8. The molecule has 0 atom stereocenters. The summed E-state index contributed by atoms with van der Waals surface area (Å²) < 4.78 is 6.27. The molecule has 1 heterocycles. The highest BCUT2D eigenvalue weighted by Crippen LogP contribution is 2.38. The number of amides is 3. The summed E-state index contributed by atoms with van der Waals surface area (Å²) in [6.07, 6.45) is 2.87. The van der Waals surface area contributed by atoms with Crippen molar-refractivity contribution < 1.29 is 19.1 Å². The van der Waals surface area contributed by atoms with E-state index in [0.717, 1.165) is 26.8 Å². The number of carbonyl (C=O) groups is 3. The maximum atomic E-state index is 12.8. The minimum absolute atomic E-state index is 0.226. The van der Waals surface area contributed by atoms with E-state index < -0.39 is 0 Å². The number of ether oxygens (including phenoxy) is 1. The van der Waals surface area contributed by atoms with Crippen LogP contribution in [0, 0.1) is 6.92 Å². The number of nitrogens with one attached hydrogen (secondary N) is 3. The fourth-order valence-electron chi connectivity index (χ4n) is 3.42. The Bertz CT molecular complexity index is 1310. The zero-order chi connectivity index (χ0) is 27.7. The quantitative estimate of drug-likeness (QED) is 0.230. The van der Waals surface area contributed by atoms with E-state index in [1.54, 1.807) is 30.5 Å². The van der Waals surface area contributed by atoms with Gasteiger partial charge in [-0.1, -0.05) is 41.8 Å². The lowest BCUT2D eigenvalue weighted by Gasteiger charge is -2.13. The summed E-state index contributed by atoms with van der Waals surface area (Å²) >= 11 is 2.80. The first kappa shape index (κ1) is 28.9. The lowest BCUT2D eigenvalue weighted by atomic mass is 10.1. The fourth-order valence-corrected chi connectivity index (χ4v) is 5.35. The molecular formula is C27H31N5O4S2. The van der Waals surface area contributed by atoms with Gasteiger partial charge in [0.2, 0.25) is 5.91 Å². The van der Waals surface area contributed by atoms with Gasteiger partial charge in [0.1, 0.15) is 5.75 Å². The number of anilines is 1.